The Morgan fingerprint density at radius 3 is 2.23 bits per heavy atom. The first-order chi connectivity index (χ1) is 12.7. The molecule has 4 aromatic carbocycles. The third-order valence-corrected chi connectivity index (χ3v) is 4.88. The van der Waals surface area contributed by atoms with Crippen molar-refractivity contribution in [1.82, 2.24) is 0 Å². The maximum atomic E-state index is 4.32. The highest BCUT2D eigenvalue weighted by Crippen LogP contribution is 2.25. The highest BCUT2D eigenvalue weighted by molar-refractivity contribution is 5.83. The van der Waals surface area contributed by atoms with Crippen molar-refractivity contribution in [3.63, 3.8) is 0 Å². The van der Waals surface area contributed by atoms with Crippen LogP contribution in [0, 0.1) is 6.92 Å². The minimum atomic E-state index is 0.870. The van der Waals surface area contributed by atoms with Crippen LogP contribution in [0.25, 0.3) is 27.5 Å². The van der Waals surface area contributed by atoms with Crippen LogP contribution in [0.5, 0.6) is 0 Å². The van der Waals surface area contributed by atoms with E-state index in [4.69, 9.17) is 0 Å². The molecule has 0 radical (unpaired) electrons. The molecule has 0 heterocycles. The first-order valence-electron chi connectivity index (χ1n) is 9.02. The molecule has 126 valence electrons. The van der Waals surface area contributed by atoms with E-state index in [0.717, 1.165) is 12.0 Å². The van der Waals surface area contributed by atoms with Gasteiger partial charge in [0.15, 0.2) is 0 Å². The van der Waals surface area contributed by atoms with Crippen LogP contribution in [-0.4, -0.2) is 0 Å². The summed E-state index contributed by atoms with van der Waals surface area (Å²) in [5, 5.41) is 2.57. The average molecular weight is 334 g/mol. The largest absolute Gasteiger partial charge is 0.0949 e. The Kier molecular flexibility index (Phi) is 4.41. The summed E-state index contributed by atoms with van der Waals surface area (Å²) in [6.07, 6.45) is 0.870. The summed E-state index contributed by atoms with van der Waals surface area (Å²) in [6, 6.07) is 32.5. The van der Waals surface area contributed by atoms with Gasteiger partial charge in [0.1, 0.15) is 0 Å². The first kappa shape index (κ1) is 16.4. The number of aryl methyl sites for hydroxylation is 1. The van der Waals surface area contributed by atoms with Gasteiger partial charge in [-0.3, -0.25) is 0 Å². The number of hydrogen-bond acceptors (Lipinski definition) is 0. The second-order valence-corrected chi connectivity index (χ2v) is 6.91. The van der Waals surface area contributed by atoms with Crippen LogP contribution in [0.4, 0.5) is 0 Å². The Balaban J connectivity index is 1.54. The van der Waals surface area contributed by atoms with Crippen molar-refractivity contribution in [2.45, 2.75) is 13.3 Å². The van der Waals surface area contributed by atoms with E-state index < -0.39 is 0 Å². The zero-order chi connectivity index (χ0) is 17.9. The molecule has 0 nitrogen and oxygen atoms in total. The highest BCUT2D eigenvalue weighted by atomic mass is 14.1. The Labute approximate surface area is 155 Å². The molecule has 0 saturated heterocycles. The lowest BCUT2D eigenvalue weighted by Gasteiger charge is -2.09. The van der Waals surface area contributed by atoms with Gasteiger partial charge in [-0.2, -0.15) is 0 Å². The van der Waals surface area contributed by atoms with E-state index in [0.29, 0.717) is 0 Å². The molecule has 0 aliphatic carbocycles. The molecule has 26 heavy (non-hydrogen) atoms. The van der Waals surface area contributed by atoms with Gasteiger partial charge in [0, 0.05) is 0 Å². The van der Waals surface area contributed by atoms with Gasteiger partial charge in [-0.25, -0.2) is 0 Å². The van der Waals surface area contributed by atoms with Gasteiger partial charge < -0.3 is 0 Å². The fourth-order valence-corrected chi connectivity index (χ4v) is 3.42. The zero-order valence-corrected chi connectivity index (χ0v) is 15.1. The molecule has 0 amide bonds. The van der Waals surface area contributed by atoms with Crippen LogP contribution in [0.3, 0.4) is 0 Å². The van der Waals surface area contributed by atoms with Crippen molar-refractivity contribution in [2.24, 2.45) is 0 Å². The van der Waals surface area contributed by atoms with Crippen molar-refractivity contribution in [3.05, 3.63) is 114 Å². The molecule has 0 bridgehead atoms. The van der Waals surface area contributed by atoms with E-state index in [1.807, 2.05) is 0 Å². The fourth-order valence-electron chi connectivity index (χ4n) is 3.42. The summed E-state index contributed by atoms with van der Waals surface area (Å²) < 4.78 is 0. The van der Waals surface area contributed by atoms with Crippen LogP contribution in [-0.2, 0) is 6.42 Å². The van der Waals surface area contributed by atoms with Crippen molar-refractivity contribution in [2.75, 3.05) is 0 Å². The second-order valence-electron chi connectivity index (χ2n) is 6.91. The summed E-state index contributed by atoms with van der Waals surface area (Å²) in [6.45, 7) is 6.45. The lowest BCUT2D eigenvalue weighted by atomic mass is 9.95. The smallest absolute Gasteiger partial charge is 0.00255 e. The van der Waals surface area contributed by atoms with Crippen LogP contribution >= 0.6 is 0 Å². The molecule has 0 atom stereocenters. The van der Waals surface area contributed by atoms with Crippen molar-refractivity contribution >= 4 is 16.3 Å². The number of hydrogen-bond donors (Lipinski definition) is 0. The number of fused-ring (bicyclic) bond motifs is 1. The predicted molar refractivity (Wildman–Crippen MR) is 113 cm³/mol. The first-order valence-corrected chi connectivity index (χ1v) is 9.02. The van der Waals surface area contributed by atoms with Crippen LogP contribution < -0.4 is 0 Å². The van der Waals surface area contributed by atoms with E-state index in [1.165, 1.54) is 38.6 Å². The Morgan fingerprint density at radius 1 is 0.692 bits per heavy atom. The summed E-state index contributed by atoms with van der Waals surface area (Å²) >= 11 is 0. The minimum Gasteiger partial charge on any atom is -0.0949 e. The number of allylic oxidation sites excluding steroid dienone is 1. The molecule has 0 spiro atoms. The molecule has 0 N–H and O–H groups in total. The molecule has 0 fully saturated rings. The Bertz CT molecular complexity index is 1070. The molecule has 0 unspecified atom stereocenters. The third kappa shape index (κ3) is 3.45. The van der Waals surface area contributed by atoms with Gasteiger partial charge in [-0.05, 0) is 51.9 Å². The quantitative estimate of drug-likeness (QED) is 0.374. The molecule has 0 saturated carbocycles. The second kappa shape index (κ2) is 7.01. The molecule has 0 heteroatoms. The molecule has 4 aromatic rings. The summed E-state index contributed by atoms with van der Waals surface area (Å²) in [5.74, 6) is 0. The number of rotatable bonds is 4. The summed E-state index contributed by atoms with van der Waals surface area (Å²) in [4.78, 5) is 0. The van der Waals surface area contributed by atoms with Crippen LogP contribution in [0.15, 0.2) is 97.6 Å². The van der Waals surface area contributed by atoms with Crippen molar-refractivity contribution in [1.29, 1.82) is 0 Å². The third-order valence-electron chi connectivity index (χ3n) is 4.88. The monoisotopic (exact) mass is 334 g/mol. The van der Waals surface area contributed by atoms with Crippen LogP contribution in [0.1, 0.15) is 16.7 Å². The predicted octanol–water partition coefficient (Wildman–Crippen LogP) is 7.07. The standard InChI is InChI=1S/C26H22/c1-19-6-5-9-25(16-19)24-14-12-22(13-15-24)20(2)17-21-10-11-23-7-3-4-8-26(23)18-21/h3-16,18H,2,17H2,1H3. The minimum absolute atomic E-state index is 0.870. The van der Waals surface area contributed by atoms with Crippen molar-refractivity contribution < 1.29 is 0 Å². The molecule has 0 aliphatic heterocycles. The van der Waals surface area contributed by atoms with Gasteiger partial charge in [-0.15, -0.1) is 0 Å². The summed E-state index contributed by atoms with van der Waals surface area (Å²) in [7, 11) is 0. The van der Waals surface area contributed by atoms with Gasteiger partial charge in [0.25, 0.3) is 0 Å². The Hall–Kier alpha value is -3.12. The molecule has 0 aromatic heterocycles. The van der Waals surface area contributed by atoms with E-state index in [1.54, 1.807) is 0 Å². The van der Waals surface area contributed by atoms with Gasteiger partial charge in [0.2, 0.25) is 0 Å². The van der Waals surface area contributed by atoms with Gasteiger partial charge in [-0.1, -0.05) is 103 Å². The fraction of sp³-hybridized carbons (Fsp3) is 0.0769. The van der Waals surface area contributed by atoms with Crippen molar-refractivity contribution in [3.8, 4) is 11.1 Å². The summed E-state index contributed by atoms with van der Waals surface area (Å²) in [5.41, 5.74) is 7.45. The lowest BCUT2D eigenvalue weighted by molar-refractivity contribution is 1.30. The van der Waals surface area contributed by atoms with E-state index in [2.05, 4.69) is 104 Å². The van der Waals surface area contributed by atoms with E-state index >= 15 is 0 Å². The van der Waals surface area contributed by atoms with Gasteiger partial charge >= 0.3 is 0 Å². The lowest BCUT2D eigenvalue weighted by Crippen LogP contribution is -1.90. The number of benzene rings is 4. The zero-order valence-electron chi connectivity index (χ0n) is 15.1. The van der Waals surface area contributed by atoms with E-state index in [9.17, 15) is 0 Å². The molecule has 0 aliphatic rings. The maximum absolute atomic E-state index is 4.32. The normalized spacial score (nSPS) is 10.8. The van der Waals surface area contributed by atoms with E-state index in [-0.39, 0.29) is 0 Å². The molecular weight excluding hydrogens is 312 g/mol. The van der Waals surface area contributed by atoms with Gasteiger partial charge in [0.05, 0.1) is 0 Å². The topological polar surface area (TPSA) is 0 Å². The highest BCUT2D eigenvalue weighted by Gasteiger charge is 2.04. The SMILES string of the molecule is C=C(Cc1ccc2ccccc2c1)c1ccc(-c2cccc(C)c2)cc1. The Morgan fingerprint density at radius 2 is 1.46 bits per heavy atom. The average Bonchev–Trinajstić information content (AvgIpc) is 2.68. The maximum Gasteiger partial charge on any atom is -0.00255 e. The molecular formula is C26H22. The van der Waals surface area contributed by atoms with Crippen LogP contribution in [0.2, 0.25) is 0 Å². The molecule has 4 rings (SSSR count).